The van der Waals surface area contributed by atoms with Gasteiger partial charge in [-0.2, -0.15) is 0 Å². The molecule has 0 amide bonds. The highest BCUT2D eigenvalue weighted by Gasteiger charge is 2.11. The molecule has 4 nitrogen and oxygen atoms in total. The van der Waals surface area contributed by atoms with Crippen LogP contribution in [0.2, 0.25) is 0 Å². The largest absolute Gasteiger partial charge is 0.383 e. The fourth-order valence-electron chi connectivity index (χ4n) is 1.46. The number of rotatable bonds is 3. The molecule has 2 heterocycles. The molecular formula is C12H12FN3O. The summed E-state index contributed by atoms with van der Waals surface area (Å²) in [6.07, 6.45) is 6.05. The number of fused-ring (bicyclic) bond motifs is 1. The summed E-state index contributed by atoms with van der Waals surface area (Å²) in [7, 11) is 3.63. The Bertz CT molecular complexity index is 586. The molecule has 0 aliphatic rings. The van der Waals surface area contributed by atoms with Crippen molar-refractivity contribution < 1.29 is 9.18 Å². The Morgan fingerprint density at radius 2 is 2.29 bits per heavy atom. The zero-order valence-corrected chi connectivity index (χ0v) is 9.59. The van der Waals surface area contributed by atoms with Crippen LogP contribution in [-0.4, -0.2) is 34.2 Å². The van der Waals surface area contributed by atoms with Crippen molar-refractivity contribution >= 4 is 11.4 Å². The number of pyridine rings is 1. The molecule has 0 fully saturated rings. The number of allylic oxidation sites excluding steroid dienone is 1. The molecule has 0 bridgehead atoms. The van der Waals surface area contributed by atoms with Crippen molar-refractivity contribution in [1.29, 1.82) is 0 Å². The summed E-state index contributed by atoms with van der Waals surface area (Å²) in [5, 5.41) is 0. The van der Waals surface area contributed by atoms with E-state index in [9.17, 15) is 9.18 Å². The van der Waals surface area contributed by atoms with Crippen LogP contribution in [0.5, 0.6) is 0 Å². The third-order valence-corrected chi connectivity index (χ3v) is 2.26. The Morgan fingerprint density at radius 1 is 1.53 bits per heavy atom. The highest BCUT2D eigenvalue weighted by Crippen LogP contribution is 2.11. The molecule has 2 aromatic rings. The number of carbonyl (C=O) groups is 1. The van der Waals surface area contributed by atoms with Gasteiger partial charge in [0.05, 0.1) is 6.20 Å². The molecule has 17 heavy (non-hydrogen) atoms. The van der Waals surface area contributed by atoms with E-state index in [4.69, 9.17) is 0 Å². The van der Waals surface area contributed by atoms with Crippen LogP contribution >= 0.6 is 0 Å². The van der Waals surface area contributed by atoms with Gasteiger partial charge < -0.3 is 4.90 Å². The fourth-order valence-corrected chi connectivity index (χ4v) is 1.46. The number of carbonyl (C=O) groups excluding carboxylic acids is 1. The van der Waals surface area contributed by atoms with E-state index in [0.29, 0.717) is 5.69 Å². The van der Waals surface area contributed by atoms with E-state index >= 15 is 0 Å². The van der Waals surface area contributed by atoms with Crippen LogP contribution < -0.4 is 0 Å². The van der Waals surface area contributed by atoms with E-state index < -0.39 is 5.82 Å². The Kier molecular flexibility index (Phi) is 2.91. The minimum atomic E-state index is -0.442. The quantitative estimate of drug-likeness (QED) is 0.598. The molecule has 0 atom stereocenters. The molecular weight excluding hydrogens is 221 g/mol. The third-order valence-electron chi connectivity index (χ3n) is 2.26. The van der Waals surface area contributed by atoms with E-state index in [1.165, 1.54) is 28.8 Å². The molecule has 0 spiro atoms. The van der Waals surface area contributed by atoms with Gasteiger partial charge in [-0.1, -0.05) is 0 Å². The van der Waals surface area contributed by atoms with Gasteiger partial charge in [0.1, 0.15) is 5.69 Å². The minimum absolute atomic E-state index is 0.161. The summed E-state index contributed by atoms with van der Waals surface area (Å²) in [6.45, 7) is 0. The van der Waals surface area contributed by atoms with E-state index in [1.807, 2.05) is 14.1 Å². The number of hydrogen-bond donors (Lipinski definition) is 0. The van der Waals surface area contributed by atoms with Crippen molar-refractivity contribution in [2.24, 2.45) is 0 Å². The zero-order valence-electron chi connectivity index (χ0n) is 9.59. The summed E-state index contributed by atoms with van der Waals surface area (Å²) in [6, 6.07) is 2.85. The Labute approximate surface area is 98.0 Å². The zero-order chi connectivity index (χ0) is 12.4. The van der Waals surface area contributed by atoms with Crippen molar-refractivity contribution in [3.63, 3.8) is 0 Å². The number of imidazole rings is 1. The maximum absolute atomic E-state index is 13.4. The van der Waals surface area contributed by atoms with Crippen molar-refractivity contribution in [2.75, 3.05) is 14.1 Å². The summed E-state index contributed by atoms with van der Waals surface area (Å²) in [5.74, 6) is -0.653. The molecule has 5 heteroatoms. The monoisotopic (exact) mass is 233 g/mol. The fraction of sp³-hybridized carbons (Fsp3) is 0.167. The van der Waals surface area contributed by atoms with Crippen LogP contribution in [-0.2, 0) is 0 Å². The molecule has 0 N–H and O–H groups in total. The molecule has 2 rings (SSSR count). The van der Waals surface area contributed by atoms with E-state index in [0.717, 1.165) is 0 Å². The van der Waals surface area contributed by atoms with Crippen molar-refractivity contribution in [2.45, 2.75) is 0 Å². The highest BCUT2D eigenvalue weighted by molar-refractivity contribution is 6.03. The molecule has 0 aromatic carbocycles. The van der Waals surface area contributed by atoms with E-state index in [-0.39, 0.29) is 11.4 Å². The standard InChI is InChI=1S/C12H12FN3O/c1-15(2)7-5-11(17)10-8-14-12-9(13)4-3-6-16(10)12/h3-8H,1-2H3. The minimum Gasteiger partial charge on any atom is -0.383 e. The van der Waals surface area contributed by atoms with Gasteiger partial charge in [0.2, 0.25) is 5.78 Å². The predicted octanol–water partition coefficient (Wildman–Crippen LogP) is 1.73. The molecule has 2 aromatic heterocycles. The van der Waals surface area contributed by atoms with Gasteiger partial charge in [-0.25, -0.2) is 9.37 Å². The molecule has 0 unspecified atom stereocenters. The number of ketones is 1. The van der Waals surface area contributed by atoms with Crippen LogP contribution in [0.3, 0.4) is 0 Å². The van der Waals surface area contributed by atoms with Crippen molar-refractivity contribution in [3.05, 3.63) is 48.3 Å². The Morgan fingerprint density at radius 3 is 3.00 bits per heavy atom. The third kappa shape index (κ3) is 2.18. The van der Waals surface area contributed by atoms with Crippen LogP contribution in [0.25, 0.3) is 5.65 Å². The van der Waals surface area contributed by atoms with Gasteiger partial charge in [-0.3, -0.25) is 9.20 Å². The van der Waals surface area contributed by atoms with E-state index in [2.05, 4.69) is 4.98 Å². The molecule has 0 saturated carbocycles. The van der Waals surface area contributed by atoms with Crippen LogP contribution in [0.4, 0.5) is 4.39 Å². The average molecular weight is 233 g/mol. The van der Waals surface area contributed by atoms with Crippen LogP contribution in [0.1, 0.15) is 10.5 Å². The molecule has 0 saturated heterocycles. The first kappa shape index (κ1) is 11.3. The number of nitrogens with zero attached hydrogens (tertiary/aromatic N) is 3. The summed E-state index contributed by atoms with van der Waals surface area (Å²) < 4.78 is 14.8. The van der Waals surface area contributed by atoms with Gasteiger partial charge in [-0.15, -0.1) is 0 Å². The summed E-state index contributed by atoms with van der Waals surface area (Å²) >= 11 is 0. The average Bonchev–Trinajstić information content (AvgIpc) is 2.71. The predicted molar refractivity (Wildman–Crippen MR) is 62.3 cm³/mol. The molecule has 88 valence electrons. The number of aromatic nitrogens is 2. The van der Waals surface area contributed by atoms with Gasteiger partial charge in [0, 0.05) is 32.6 Å². The molecule has 0 aliphatic heterocycles. The molecule has 0 aliphatic carbocycles. The van der Waals surface area contributed by atoms with Gasteiger partial charge in [0.25, 0.3) is 0 Å². The second kappa shape index (κ2) is 4.37. The Hall–Kier alpha value is -2.17. The smallest absolute Gasteiger partial charge is 0.205 e. The SMILES string of the molecule is CN(C)C=CC(=O)c1cnc2c(F)cccn12. The lowest BCUT2D eigenvalue weighted by Crippen LogP contribution is -2.05. The van der Waals surface area contributed by atoms with Gasteiger partial charge in [-0.05, 0) is 12.1 Å². The van der Waals surface area contributed by atoms with E-state index in [1.54, 1.807) is 17.3 Å². The second-order valence-electron chi connectivity index (χ2n) is 3.84. The maximum Gasteiger partial charge on any atom is 0.205 e. The first-order valence-corrected chi connectivity index (χ1v) is 5.10. The van der Waals surface area contributed by atoms with Gasteiger partial charge in [0.15, 0.2) is 11.5 Å². The van der Waals surface area contributed by atoms with Gasteiger partial charge >= 0.3 is 0 Å². The first-order valence-electron chi connectivity index (χ1n) is 5.10. The van der Waals surface area contributed by atoms with Crippen molar-refractivity contribution in [1.82, 2.24) is 14.3 Å². The second-order valence-corrected chi connectivity index (χ2v) is 3.84. The Balaban J connectivity index is 2.43. The van der Waals surface area contributed by atoms with Crippen LogP contribution in [0.15, 0.2) is 36.8 Å². The molecule has 0 radical (unpaired) electrons. The summed E-state index contributed by atoms with van der Waals surface area (Å²) in [5.41, 5.74) is 0.506. The lowest BCUT2D eigenvalue weighted by molar-refractivity contribution is 0.104. The van der Waals surface area contributed by atoms with Crippen molar-refractivity contribution in [3.8, 4) is 0 Å². The first-order chi connectivity index (χ1) is 8.09. The lowest BCUT2D eigenvalue weighted by Gasteiger charge is -2.02. The lowest BCUT2D eigenvalue weighted by atomic mass is 10.3. The number of hydrogen-bond acceptors (Lipinski definition) is 3. The summed E-state index contributed by atoms with van der Waals surface area (Å²) in [4.78, 5) is 17.5. The topological polar surface area (TPSA) is 37.6 Å². The maximum atomic E-state index is 13.4. The normalized spacial score (nSPS) is 11.2. The van der Waals surface area contributed by atoms with Crippen LogP contribution in [0, 0.1) is 5.82 Å². The number of halogens is 1. The highest BCUT2D eigenvalue weighted by atomic mass is 19.1.